The second-order valence-corrected chi connectivity index (χ2v) is 6.17. The number of hydrogen-bond acceptors (Lipinski definition) is 3. The first-order valence-electron chi connectivity index (χ1n) is 8.73. The van der Waals surface area contributed by atoms with Gasteiger partial charge < -0.3 is 10.1 Å². The molecule has 0 radical (unpaired) electrons. The standard InChI is InChI=1S/C21H25N3O/c1-16-20(15-22-2)23-24-21(16)18-10-12-19(13-11-18)25-14-6-9-17-7-4-3-5-8-17/h3-5,7-8,10-13,22H,6,9,14-15H2,1-2H3,(H,23,24). The van der Waals surface area contributed by atoms with E-state index in [1.165, 1.54) is 11.1 Å². The van der Waals surface area contributed by atoms with E-state index in [-0.39, 0.29) is 0 Å². The predicted octanol–water partition coefficient (Wildman–Crippen LogP) is 4.12. The summed E-state index contributed by atoms with van der Waals surface area (Å²) in [6.45, 7) is 3.61. The molecule has 3 rings (SSSR count). The largest absolute Gasteiger partial charge is 0.494 e. The first-order valence-corrected chi connectivity index (χ1v) is 8.73. The number of nitrogens with one attached hydrogen (secondary N) is 2. The van der Waals surface area contributed by atoms with Crippen molar-refractivity contribution in [3.8, 4) is 17.0 Å². The summed E-state index contributed by atoms with van der Waals surface area (Å²) in [5.74, 6) is 0.903. The van der Waals surface area contributed by atoms with Crippen LogP contribution in [0.4, 0.5) is 0 Å². The van der Waals surface area contributed by atoms with Crippen molar-refractivity contribution in [1.29, 1.82) is 0 Å². The van der Waals surface area contributed by atoms with Crippen LogP contribution >= 0.6 is 0 Å². The molecule has 4 nitrogen and oxygen atoms in total. The number of rotatable bonds is 8. The van der Waals surface area contributed by atoms with Crippen LogP contribution in [0.25, 0.3) is 11.3 Å². The molecule has 130 valence electrons. The number of benzene rings is 2. The van der Waals surface area contributed by atoms with Crippen molar-refractivity contribution in [3.63, 3.8) is 0 Å². The Hall–Kier alpha value is -2.59. The van der Waals surface area contributed by atoms with Crippen LogP contribution in [0.1, 0.15) is 23.2 Å². The van der Waals surface area contributed by atoms with E-state index in [9.17, 15) is 0 Å². The first-order chi connectivity index (χ1) is 12.3. The van der Waals surface area contributed by atoms with Gasteiger partial charge in [0.15, 0.2) is 0 Å². The van der Waals surface area contributed by atoms with E-state index in [0.717, 1.165) is 48.7 Å². The molecular weight excluding hydrogens is 310 g/mol. The highest BCUT2D eigenvalue weighted by molar-refractivity contribution is 5.64. The fourth-order valence-electron chi connectivity index (χ4n) is 2.88. The molecule has 0 aliphatic carbocycles. The van der Waals surface area contributed by atoms with Gasteiger partial charge in [0.05, 0.1) is 18.0 Å². The summed E-state index contributed by atoms with van der Waals surface area (Å²) in [6, 6.07) is 18.7. The van der Waals surface area contributed by atoms with Crippen LogP contribution in [0.5, 0.6) is 5.75 Å². The maximum absolute atomic E-state index is 5.85. The van der Waals surface area contributed by atoms with Gasteiger partial charge in [0, 0.05) is 12.1 Å². The molecule has 0 unspecified atom stereocenters. The molecular formula is C21H25N3O. The van der Waals surface area contributed by atoms with Gasteiger partial charge in [-0.15, -0.1) is 0 Å². The molecule has 1 heterocycles. The van der Waals surface area contributed by atoms with Crippen LogP contribution in [-0.4, -0.2) is 23.9 Å². The molecule has 0 aliphatic heterocycles. The lowest BCUT2D eigenvalue weighted by atomic mass is 10.1. The molecule has 0 saturated heterocycles. The summed E-state index contributed by atoms with van der Waals surface area (Å²) < 4.78 is 5.85. The zero-order valence-electron chi connectivity index (χ0n) is 14.9. The summed E-state index contributed by atoms with van der Waals surface area (Å²) in [5.41, 5.74) is 5.77. The number of aromatic amines is 1. The molecule has 25 heavy (non-hydrogen) atoms. The molecule has 0 atom stereocenters. The van der Waals surface area contributed by atoms with E-state index < -0.39 is 0 Å². The van der Waals surface area contributed by atoms with Gasteiger partial charge in [-0.25, -0.2) is 0 Å². The molecule has 0 amide bonds. The molecule has 0 bridgehead atoms. The molecule has 4 heteroatoms. The Morgan fingerprint density at radius 1 is 1.04 bits per heavy atom. The molecule has 0 spiro atoms. The third-order valence-corrected chi connectivity index (χ3v) is 4.31. The van der Waals surface area contributed by atoms with Gasteiger partial charge in [0.1, 0.15) is 5.75 Å². The van der Waals surface area contributed by atoms with Crippen molar-refractivity contribution in [2.24, 2.45) is 0 Å². The lowest BCUT2D eigenvalue weighted by Crippen LogP contribution is -2.06. The number of hydrogen-bond donors (Lipinski definition) is 2. The van der Waals surface area contributed by atoms with Crippen LogP contribution in [0.15, 0.2) is 54.6 Å². The molecule has 2 aromatic carbocycles. The topological polar surface area (TPSA) is 49.9 Å². The van der Waals surface area contributed by atoms with E-state index >= 15 is 0 Å². The third-order valence-electron chi connectivity index (χ3n) is 4.31. The van der Waals surface area contributed by atoms with Gasteiger partial charge in [-0.3, -0.25) is 5.10 Å². The smallest absolute Gasteiger partial charge is 0.119 e. The predicted molar refractivity (Wildman–Crippen MR) is 102 cm³/mol. The maximum atomic E-state index is 5.85. The van der Waals surface area contributed by atoms with Crippen LogP contribution in [0, 0.1) is 6.92 Å². The average Bonchev–Trinajstić information content (AvgIpc) is 3.01. The summed E-state index contributed by atoms with van der Waals surface area (Å²) in [7, 11) is 1.93. The molecule has 0 aliphatic rings. The van der Waals surface area contributed by atoms with Crippen molar-refractivity contribution < 1.29 is 4.74 Å². The van der Waals surface area contributed by atoms with Gasteiger partial charge in [-0.2, -0.15) is 5.10 Å². The molecule has 3 aromatic rings. The SMILES string of the molecule is CNCc1[nH]nc(-c2ccc(OCCCc3ccccc3)cc2)c1C. The van der Waals surface area contributed by atoms with Crippen LogP contribution in [0.3, 0.4) is 0 Å². The maximum Gasteiger partial charge on any atom is 0.119 e. The highest BCUT2D eigenvalue weighted by Gasteiger charge is 2.10. The van der Waals surface area contributed by atoms with Gasteiger partial charge in [0.25, 0.3) is 0 Å². The zero-order chi connectivity index (χ0) is 17.5. The van der Waals surface area contributed by atoms with Crippen LogP contribution in [0.2, 0.25) is 0 Å². The van der Waals surface area contributed by atoms with Crippen molar-refractivity contribution in [3.05, 3.63) is 71.4 Å². The summed E-state index contributed by atoms with van der Waals surface area (Å²) in [5, 5.41) is 10.7. The monoisotopic (exact) mass is 335 g/mol. The molecule has 1 aromatic heterocycles. The number of aryl methyl sites for hydroxylation is 1. The number of ether oxygens (including phenoxy) is 1. The molecule has 0 fully saturated rings. The molecule has 2 N–H and O–H groups in total. The zero-order valence-corrected chi connectivity index (χ0v) is 14.9. The highest BCUT2D eigenvalue weighted by atomic mass is 16.5. The minimum Gasteiger partial charge on any atom is -0.494 e. The number of H-pyrrole nitrogens is 1. The minimum absolute atomic E-state index is 0.724. The van der Waals surface area contributed by atoms with E-state index in [2.05, 4.69) is 58.8 Å². The number of nitrogens with zero attached hydrogens (tertiary/aromatic N) is 1. The lowest BCUT2D eigenvalue weighted by Gasteiger charge is -2.07. The lowest BCUT2D eigenvalue weighted by molar-refractivity contribution is 0.311. The van der Waals surface area contributed by atoms with Gasteiger partial charge in [-0.05, 0) is 62.2 Å². The Morgan fingerprint density at radius 3 is 2.52 bits per heavy atom. The van der Waals surface area contributed by atoms with Crippen molar-refractivity contribution in [2.75, 3.05) is 13.7 Å². The van der Waals surface area contributed by atoms with Crippen molar-refractivity contribution >= 4 is 0 Å². The second-order valence-electron chi connectivity index (χ2n) is 6.17. The van der Waals surface area contributed by atoms with Crippen LogP contribution < -0.4 is 10.1 Å². The van der Waals surface area contributed by atoms with Crippen molar-refractivity contribution in [2.45, 2.75) is 26.3 Å². The fraction of sp³-hybridized carbons (Fsp3) is 0.286. The van der Waals surface area contributed by atoms with Crippen molar-refractivity contribution in [1.82, 2.24) is 15.5 Å². The Labute approximate surface area is 149 Å². The second kappa shape index (κ2) is 8.49. The minimum atomic E-state index is 0.724. The Kier molecular flexibility index (Phi) is 5.86. The summed E-state index contributed by atoms with van der Waals surface area (Å²) in [6.07, 6.45) is 2.05. The molecule has 0 saturated carbocycles. The quantitative estimate of drug-likeness (QED) is 0.609. The highest BCUT2D eigenvalue weighted by Crippen LogP contribution is 2.25. The Balaban J connectivity index is 1.54. The summed E-state index contributed by atoms with van der Waals surface area (Å²) in [4.78, 5) is 0. The van der Waals surface area contributed by atoms with Gasteiger partial charge in [-0.1, -0.05) is 30.3 Å². The Bertz CT molecular complexity index is 779. The van der Waals surface area contributed by atoms with E-state index in [1.807, 2.05) is 25.2 Å². The number of aromatic nitrogens is 2. The van der Waals surface area contributed by atoms with E-state index in [4.69, 9.17) is 4.74 Å². The normalized spacial score (nSPS) is 10.8. The van der Waals surface area contributed by atoms with Gasteiger partial charge in [0.2, 0.25) is 0 Å². The van der Waals surface area contributed by atoms with Gasteiger partial charge >= 0.3 is 0 Å². The van der Waals surface area contributed by atoms with E-state index in [1.54, 1.807) is 0 Å². The fourth-order valence-corrected chi connectivity index (χ4v) is 2.88. The first kappa shape index (κ1) is 17.2. The summed E-state index contributed by atoms with van der Waals surface area (Å²) >= 11 is 0. The van der Waals surface area contributed by atoms with E-state index in [0.29, 0.717) is 0 Å². The third kappa shape index (κ3) is 4.48. The van der Waals surface area contributed by atoms with Crippen LogP contribution in [-0.2, 0) is 13.0 Å². The Morgan fingerprint density at radius 2 is 1.80 bits per heavy atom. The average molecular weight is 335 g/mol.